The number of pyridine rings is 1. The molecule has 2 aromatic carbocycles. The van der Waals surface area contributed by atoms with Crippen LogP contribution in [0.3, 0.4) is 0 Å². The molecule has 0 bridgehead atoms. The van der Waals surface area contributed by atoms with Gasteiger partial charge in [-0.1, -0.05) is 30.3 Å². The second kappa shape index (κ2) is 5.06. The molecule has 2 heteroatoms. The molecule has 3 aromatic rings. The van der Waals surface area contributed by atoms with Crippen molar-refractivity contribution in [2.24, 2.45) is 0 Å². The molecular formula is C17H15NS. The molecule has 0 atom stereocenters. The van der Waals surface area contributed by atoms with Crippen LogP contribution >= 0.6 is 11.8 Å². The van der Waals surface area contributed by atoms with Crippen molar-refractivity contribution >= 4 is 22.7 Å². The molecule has 0 aliphatic carbocycles. The molecule has 19 heavy (non-hydrogen) atoms. The number of hydrogen-bond donors (Lipinski definition) is 0. The van der Waals surface area contributed by atoms with E-state index in [1.54, 1.807) is 11.8 Å². The number of thioether (sulfide) groups is 1. The second-order valence-corrected chi connectivity index (χ2v) is 5.44. The van der Waals surface area contributed by atoms with Crippen LogP contribution in [-0.4, -0.2) is 11.2 Å². The maximum absolute atomic E-state index is 4.56. The number of nitrogens with zero attached hydrogens (tertiary/aromatic N) is 1. The van der Waals surface area contributed by atoms with Crippen LogP contribution in [0.15, 0.2) is 59.6 Å². The normalized spacial score (nSPS) is 10.8. The highest BCUT2D eigenvalue weighted by Gasteiger charge is 2.08. The summed E-state index contributed by atoms with van der Waals surface area (Å²) in [5.41, 5.74) is 4.83. The van der Waals surface area contributed by atoms with Gasteiger partial charge in [-0.3, -0.25) is 4.98 Å². The van der Waals surface area contributed by atoms with E-state index in [9.17, 15) is 0 Å². The summed E-state index contributed by atoms with van der Waals surface area (Å²) in [6, 6.07) is 17.1. The van der Waals surface area contributed by atoms with Gasteiger partial charge in [0.15, 0.2) is 0 Å². The number of benzene rings is 2. The smallest absolute Gasteiger partial charge is 0.0782 e. The maximum Gasteiger partial charge on any atom is 0.0782 e. The summed E-state index contributed by atoms with van der Waals surface area (Å²) in [4.78, 5) is 5.84. The molecule has 0 fully saturated rings. The van der Waals surface area contributed by atoms with E-state index in [-0.39, 0.29) is 0 Å². The van der Waals surface area contributed by atoms with E-state index in [0.29, 0.717) is 0 Å². The van der Waals surface area contributed by atoms with Gasteiger partial charge in [-0.15, -0.1) is 11.8 Å². The Morgan fingerprint density at radius 3 is 2.47 bits per heavy atom. The number of aromatic nitrogens is 1. The average molecular weight is 265 g/mol. The van der Waals surface area contributed by atoms with Crippen LogP contribution in [0.5, 0.6) is 0 Å². The SMILES string of the molecule is CSc1ccc(-c2c(C)ccc3cccnc23)cc1. The molecule has 3 rings (SSSR count). The summed E-state index contributed by atoms with van der Waals surface area (Å²) < 4.78 is 0. The van der Waals surface area contributed by atoms with E-state index >= 15 is 0 Å². The standard InChI is InChI=1S/C17H15NS/c1-12-5-6-14-4-3-11-18-17(14)16(12)13-7-9-15(19-2)10-8-13/h3-11H,1-2H3. The van der Waals surface area contributed by atoms with Crippen LogP contribution in [0.1, 0.15) is 5.56 Å². The van der Waals surface area contributed by atoms with Crippen LogP contribution in [0, 0.1) is 6.92 Å². The third-order valence-corrected chi connectivity index (χ3v) is 4.11. The Kier molecular flexibility index (Phi) is 3.26. The van der Waals surface area contributed by atoms with Crippen LogP contribution in [0.4, 0.5) is 0 Å². The van der Waals surface area contributed by atoms with E-state index in [1.165, 1.54) is 27.0 Å². The van der Waals surface area contributed by atoms with E-state index in [2.05, 4.69) is 60.6 Å². The number of fused-ring (bicyclic) bond motifs is 1. The molecule has 0 N–H and O–H groups in total. The van der Waals surface area contributed by atoms with Gasteiger partial charge in [0.1, 0.15) is 0 Å². The van der Waals surface area contributed by atoms with Crippen molar-refractivity contribution in [3.05, 3.63) is 60.3 Å². The summed E-state index contributed by atoms with van der Waals surface area (Å²) in [5, 5.41) is 1.19. The fourth-order valence-corrected chi connectivity index (χ4v) is 2.78. The predicted molar refractivity (Wildman–Crippen MR) is 83.7 cm³/mol. The summed E-state index contributed by atoms with van der Waals surface area (Å²) in [7, 11) is 0. The Labute approximate surface area is 117 Å². The lowest BCUT2D eigenvalue weighted by molar-refractivity contribution is 1.38. The molecule has 0 aliphatic rings. The monoisotopic (exact) mass is 265 g/mol. The van der Waals surface area contributed by atoms with E-state index < -0.39 is 0 Å². The van der Waals surface area contributed by atoms with Crippen molar-refractivity contribution < 1.29 is 0 Å². The Morgan fingerprint density at radius 2 is 1.74 bits per heavy atom. The zero-order valence-corrected chi connectivity index (χ0v) is 11.9. The second-order valence-electron chi connectivity index (χ2n) is 4.56. The van der Waals surface area contributed by atoms with Crippen molar-refractivity contribution in [2.75, 3.05) is 6.26 Å². The summed E-state index contributed by atoms with van der Waals surface area (Å²) in [6.07, 6.45) is 3.96. The van der Waals surface area contributed by atoms with Crippen LogP contribution < -0.4 is 0 Å². The molecule has 0 unspecified atom stereocenters. The first-order chi connectivity index (χ1) is 9.29. The van der Waals surface area contributed by atoms with Gasteiger partial charge in [0.25, 0.3) is 0 Å². The third-order valence-electron chi connectivity index (χ3n) is 3.36. The third kappa shape index (κ3) is 2.24. The maximum atomic E-state index is 4.56. The lowest BCUT2D eigenvalue weighted by Crippen LogP contribution is -1.88. The fourth-order valence-electron chi connectivity index (χ4n) is 2.37. The average Bonchev–Trinajstić information content (AvgIpc) is 2.47. The topological polar surface area (TPSA) is 12.9 Å². The number of rotatable bonds is 2. The van der Waals surface area contributed by atoms with Gasteiger partial charge < -0.3 is 0 Å². The van der Waals surface area contributed by atoms with Crippen molar-refractivity contribution in [2.45, 2.75) is 11.8 Å². The Hall–Kier alpha value is -1.80. The quantitative estimate of drug-likeness (QED) is 0.609. The van der Waals surface area contributed by atoms with Gasteiger partial charge in [-0.2, -0.15) is 0 Å². The van der Waals surface area contributed by atoms with Crippen molar-refractivity contribution in [1.29, 1.82) is 0 Å². The Bertz CT molecular complexity index is 717. The molecule has 1 aromatic heterocycles. The van der Waals surface area contributed by atoms with Crippen molar-refractivity contribution in [3.63, 3.8) is 0 Å². The molecule has 0 aliphatic heterocycles. The highest BCUT2D eigenvalue weighted by molar-refractivity contribution is 7.98. The van der Waals surface area contributed by atoms with Crippen molar-refractivity contribution in [3.8, 4) is 11.1 Å². The lowest BCUT2D eigenvalue weighted by Gasteiger charge is -2.10. The first-order valence-electron chi connectivity index (χ1n) is 6.28. The van der Waals surface area contributed by atoms with Gasteiger partial charge in [-0.25, -0.2) is 0 Å². The van der Waals surface area contributed by atoms with E-state index in [4.69, 9.17) is 0 Å². The van der Waals surface area contributed by atoms with Crippen LogP contribution in [0.2, 0.25) is 0 Å². The Morgan fingerprint density at radius 1 is 0.947 bits per heavy atom. The van der Waals surface area contributed by atoms with Gasteiger partial charge in [0, 0.05) is 22.0 Å². The minimum absolute atomic E-state index is 1.08. The van der Waals surface area contributed by atoms with Crippen LogP contribution in [-0.2, 0) is 0 Å². The predicted octanol–water partition coefficient (Wildman–Crippen LogP) is 4.93. The molecule has 94 valence electrons. The van der Waals surface area contributed by atoms with E-state index in [0.717, 1.165) is 5.52 Å². The summed E-state index contributed by atoms with van der Waals surface area (Å²) in [6.45, 7) is 2.14. The highest BCUT2D eigenvalue weighted by atomic mass is 32.2. The fraction of sp³-hybridized carbons (Fsp3) is 0.118. The van der Waals surface area contributed by atoms with Crippen molar-refractivity contribution in [1.82, 2.24) is 4.98 Å². The van der Waals surface area contributed by atoms with E-state index in [1.807, 2.05) is 12.3 Å². The lowest BCUT2D eigenvalue weighted by atomic mass is 9.97. The van der Waals surface area contributed by atoms with Gasteiger partial charge >= 0.3 is 0 Å². The zero-order valence-electron chi connectivity index (χ0n) is 11.1. The van der Waals surface area contributed by atoms with Gasteiger partial charge in [0.2, 0.25) is 0 Å². The molecule has 0 spiro atoms. The highest BCUT2D eigenvalue weighted by Crippen LogP contribution is 2.31. The zero-order chi connectivity index (χ0) is 13.2. The number of aryl methyl sites for hydroxylation is 1. The Balaban J connectivity index is 2.25. The molecule has 1 heterocycles. The minimum Gasteiger partial charge on any atom is -0.256 e. The molecule has 0 saturated heterocycles. The molecule has 0 radical (unpaired) electrons. The molecule has 1 nitrogen and oxygen atoms in total. The molecular weight excluding hydrogens is 250 g/mol. The molecule has 0 saturated carbocycles. The largest absolute Gasteiger partial charge is 0.256 e. The van der Waals surface area contributed by atoms with Gasteiger partial charge in [-0.05, 0) is 42.5 Å². The minimum atomic E-state index is 1.08. The van der Waals surface area contributed by atoms with Crippen LogP contribution in [0.25, 0.3) is 22.0 Å². The summed E-state index contributed by atoms with van der Waals surface area (Å²) in [5.74, 6) is 0. The number of hydrogen-bond acceptors (Lipinski definition) is 2. The molecule has 0 amide bonds. The summed E-state index contributed by atoms with van der Waals surface area (Å²) >= 11 is 1.76. The first kappa shape index (κ1) is 12.2. The first-order valence-corrected chi connectivity index (χ1v) is 7.51. The van der Waals surface area contributed by atoms with Gasteiger partial charge in [0.05, 0.1) is 5.52 Å².